The van der Waals surface area contributed by atoms with Crippen LogP contribution in [0.25, 0.3) is 0 Å². The Kier molecular flexibility index (Phi) is 3.79. The van der Waals surface area contributed by atoms with Gasteiger partial charge in [0.1, 0.15) is 6.54 Å². The molecule has 0 atom stereocenters. The molecule has 1 aliphatic rings. The maximum absolute atomic E-state index is 11.1. The molecule has 0 aliphatic carbocycles. The molecular formula is C14H21N2O+. The predicted octanol–water partition coefficient (Wildman–Crippen LogP) is 0.275. The molecule has 1 aromatic rings. The molecule has 0 unspecified atom stereocenters. The van der Waals surface area contributed by atoms with E-state index in [0.29, 0.717) is 0 Å². The second-order valence-electron chi connectivity index (χ2n) is 5.09. The van der Waals surface area contributed by atoms with Crippen LogP contribution in [0.4, 0.5) is 0 Å². The van der Waals surface area contributed by atoms with Crippen LogP contribution in [0, 0.1) is 12.8 Å². The average molecular weight is 233 g/mol. The summed E-state index contributed by atoms with van der Waals surface area (Å²) in [6.45, 7) is 5.28. The van der Waals surface area contributed by atoms with Gasteiger partial charge in [0.15, 0.2) is 0 Å². The van der Waals surface area contributed by atoms with E-state index in [4.69, 9.17) is 5.73 Å². The summed E-state index contributed by atoms with van der Waals surface area (Å²) in [6, 6.07) is 8.71. The minimum Gasteiger partial charge on any atom is -0.369 e. The lowest BCUT2D eigenvalue weighted by molar-refractivity contribution is -0.919. The fourth-order valence-electron chi connectivity index (χ4n) is 2.48. The first-order valence-corrected chi connectivity index (χ1v) is 6.33. The molecule has 1 saturated heterocycles. The monoisotopic (exact) mass is 233 g/mol. The highest BCUT2D eigenvalue weighted by Crippen LogP contribution is 2.09. The summed E-state index contributed by atoms with van der Waals surface area (Å²) in [4.78, 5) is 12.6. The van der Waals surface area contributed by atoms with Crippen molar-refractivity contribution in [2.45, 2.75) is 26.3 Å². The van der Waals surface area contributed by atoms with E-state index in [1.54, 1.807) is 4.90 Å². The van der Waals surface area contributed by atoms with Crippen molar-refractivity contribution in [3.63, 3.8) is 0 Å². The summed E-state index contributed by atoms with van der Waals surface area (Å²) in [5.41, 5.74) is 8.01. The van der Waals surface area contributed by atoms with Crippen molar-refractivity contribution in [3.8, 4) is 0 Å². The average Bonchev–Trinajstić information content (AvgIpc) is 2.33. The van der Waals surface area contributed by atoms with E-state index in [9.17, 15) is 4.79 Å². The topological polar surface area (TPSA) is 47.5 Å². The number of likely N-dealkylation sites (tertiary alicyclic amines) is 1. The Labute approximate surface area is 103 Å². The normalized spacial score (nSPS) is 24.5. The van der Waals surface area contributed by atoms with Gasteiger partial charge < -0.3 is 10.6 Å². The van der Waals surface area contributed by atoms with E-state index >= 15 is 0 Å². The van der Waals surface area contributed by atoms with Crippen molar-refractivity contribution in [3.05, 3.63) is 35.4 Å². The molecule has 1 aliphatic heterocycles. The summed E-state index contributed by atoms with van der Waals surface area (Å²) < 4.78 is 0. The van der Waals surface area contributed by atoms with Crippen molar-refractivity contribution in [2.24, 2.45) is 11.7 Å². The van der Waals surface area contributed by atoms with E-state index in [0.717, 1.165) is 32.5 Å². The lowest BCUT2D eigenvalue weighted by Crippen LogP contribution is -3.11. The highest BCUT2D eigenvalue weighted by molar-refractivity contribution is 5.76. The number of nitrogens with one attached hydrogen (secondary N) is 1. The van der Waals surface area contributed by atoms with E-state index in [1.165, 1.54) is 11.1 Å². The number of piperidine rings is 1. The zero-order valence-corrected chi connectivity index (χ0v) is 10.4. The van der Waals surface area contributed by atoms with Crippen molar-refractivity contribution in [1.82, 2.24) is 0 Å². The molecule has 0 radical (unpaired) electrons. The molecule has 2 rings (SSSR count). The molecule has 92 valence electrons. The number of primary amides is 1. The number of quaternary nitrogens is 1. The van der Waals surface area contributed by atoms with Gasteiger partial charge in [-0.1, -0.05) is 29.8 Å². The first-order valence-electron chi connectivity index (χ1n) is 6.33. The molecule has 0 saturated carbocycles. The van der Waals surface area contributed by atoms with Crippen LogP contribution in [-0.2, 0) is 11.3 Å². The lowest BCUT2D eigenvalue weighted by atomic mass is 9.96. The molecule has 1 heterocycles. The van der Waals surface area contributed by atoms with E-state index < -0.39 is 0 Å². The van der Waals surface area contributed by atoms with Gasteiger partial charge in [-0.2, -0.15) is 0 Å². The second kappa shape index (κ2) is 5.32. The van der Waals surface area contributed by atoms with Crippen LogP contribution in [0.1, 0.15) is 24.0 Å². The van der Waals surface area contributed by atoms with Gasteiger partial charge in [0, 0.05) is 24.3 Å². The van der Waals surface area contributed by atoms with Gasteiger partial charge in [-0.25, -0.2) is 0 Å². The predicted molar refractivity (Wildman–Crippen MR) is 67.5 cm³/mol. The second-order valence-corrected chi connectivity index (χ2v) is 5.09. The number of nitrogens with two attached hydrogens (primary N) is 1. The van der Waals surface area contributed by atoms with Crippen molar-refractivity contribution < 1.29 is 9.69 Å². The zero-order chi connectivity index (χ0) is 12.3. The van der Waals surface area contributed by atoms with Crippen LogP contribution in [0.5, 0.6) is 0 Å². The summed E-state index contributed by atoms with van der Waals surface area (Å²) >= 11 is 0. The van der Waals surface area contributed by atoms with E-state index in [-0.39, 0.29) is 11.8 Å². The van der Waals surface area contributed by atoms with Crippen molar-refractivity contribution in [2.75, 3.05) is 13.1 Å². The van der Waals surface area contributed by atoms with Gasteiger partial charge in [-0.05, 0) is 6.92 Å². The van der Waals surface area contributed by atoms with Gasteiger partial charge in [0.25, 0.3) is 0 Å². The molecule has 3 heteroatoms. The number of aryl methyl sites for hydroxylation is 1. The van der Waals surface area contributed by atoms with Gasteiger partial charge in [0.05, 0.1) is 13.1 Å². The van der Waals surface area contributed by atoms with Crippen LogP contribution < -0.4 is 10.6 Å². The SMILES string of the molecule is Cc1ccc(C[NH+]2CCC(C(N)=O)CC2)cc1. The minimum atomic E-state index is -0.126. The molecule has 17 heavy (non-hydrogen) atoms. The zero-order valence-electron chi connectivity index (χ0n) is 10.4. The highest BCUT2D eigenvalue weighted by atomic mass is 16.1. The van der Waals surface area contributed by atoms with Crippen LogP contribution >= 0.6 is 0 Å². The largest absolute Gasteiger partial charge is 0.369 e. The van der Waals surface area contributed by atoms with Crippen LogP contribution in [0.3, 0.4) is 0 Å². The number of hydrogen-bond acceptors (Lipinski definition) is 1. The quantitative estimate of drug-likeness (QED) is 0.774. The van der Waals surface area contributed by atoms with E-state index in [1.807, 2.05) is 0 Å². The fourth-order valence-corrected chi connectivity index (χ4v) is 2.48. The molecule has 0 aromatic heterocycles. The molecule has 1 amide bonds. The van der Waals surface area contributed by atoms with Crippen LogP contribution in [0.15, 0.2) is 24.3 Å². The number of benzene rings is 1. The molecule has 0 bridgehead atoms. The Balaban J connectivity index is 1.85. The molecule has 3 nitrogen and oxygen atoms in total. The third-order valence-corrected chi connectivity index (χ3v) is 3.67. The fraction of sp³-hybridized carbons (Fsp3) is 0.500. The number of amides is 1. The number of carbonyl (C=O) groups is 1. The molecule has 1 fully saturated rings. The Hall–Kier alpha value is -1.35. The Bertz CT molecular complexity index is 378. The standard InChI is InChI=1S/C14H20N2O/c1-11-2-4-12(5-3-11)10-16-8-6-13(7-9-16)14(15)17/h2-5,13H,6-10H2,1H3,(H2,15,17)/p+1. The van der Waals surface area contributed by atoms with E-state index in [2.05, 4.69) is 31.2 Å². The first-order chi connectivity index (χ1) is 8.15. The summed E-state index contributed by atoms with van der Waals surface area (Å²) in [5, 5.41) is 0. The number of rotatable bonds is 3. The van der Waals surface area contributed by atoms with Crippen LogP contribution in [0.2, 0.25) is 0 Å². The minimum absolute atomic E-state index is 0.108. The summed E-state index contributed by atoms with van der Waals surface area (Å²) in [6.07, 6.45) is 1.88. The maximum atomic E-state index is 11.1. The molecule has 1 aromatic carbocycles. The Morgan fingerprint density at radius 3 is 2.41 bits per heavy atom. The van der Waals surface area contributed by atoms with Gasteiger partial charge in [-0.3, -0.25) is 4.79 Å². The maximum Gasteiger partial charge on any atom is 0.220 e. The van der Waals surface area contributed by atoms with Crippen molar-refractivity contribution >= 4 is 5.91 Å². The summed E-state index contributed by atoms with van der Waals surface area (Å²) in [7, 11) is 0. The smallest absolute Gasteiger partial charge is 0.220 e. The molecular weight excluding hydrogens is 212 g/mol. The number of carbonyl (C=O) groups excluding carboxylic acids is 1. The Morgan fingerprint density at radius 2 is 1.88 bits per heavy atom. The third-order valence-electron chi connectivity index (χ3n) is 3.67. The van der Waals surface area contributed by atoms with Gasteiger partial charge >= 0.3 is 0 Å². The molecule has 3 N–H and O–H groups in total. The number of hydrogen-bond donors (Lipinski definition) is 2. The third kappa shape index (κ3) is 3.30. The molecule has 0 spiro atoms. The lowest BCUT2D eigenvalue weighted by Gasteiger charge is -2.27. The van der Waals surface area contributed by atoms with Gasteiger partial charge in [0.2, 0.25) is 5.91 Å². The highest BCUT2D eigenvalue weighted by Gasteiger charge is 2.25. The van der Waals surface area contributed by atoms with Crippen molar-refractivity contribution in [1.29, 1.82) is 0 Å². The first kappa shape index (κ1) is 12.1. The summed E-state index contributed by atoms with van der Waals surface area (Å²) in [5.74, 6) is -0.0175. The van der Waals surface area contributed by atoms with Gasteiger partial charge in [-0.15, -0.1) is 0 Å². The Morgan fingerprint density at radius 1 is 1.29 bits per heavy atom. The van der Waals surface area contributed by atoms with Crippen LogP contribution in [-0.4, -0.2) is 19.0 Å².